The van der Waals surface area contributed by atoms with E-state index in [1.54, 1.807) is 62.6 Å². The molecule has 0 aliphatic heterocycles. The quantitative estimate of drug-likeness (QED) is 0.590. The molecule has 0 saturated heterocycles. The standard InChI is InChI=1S/C21H19NO4/c1-3-26-20(24)21(13-22)17(14-9-11-16(25-2)12-10-14)18(21)19(23)15-7-5-4-6-8-15/h4-12,17-18H,3H2,1-2H3/t17-,18+,21+/m1/s1. The Morgan fingerprint density at radius 1 is 1.12 bits per heavy atom. The van der Waals surface area contributed by atoms with Crippen molar-refractivity contribution in [3.63, 3.8) is 0 Å². The highest BCUT2D eigenvalue weighted by Crippen LogP contribution is 2.66. The highest BCUT2D eigenvalue weighted by Gasteiger charge is 2.75. The zero-order valence-corrected chi connectivity index (χ0v) is 14.6. The zero-order chi connectivity index (χ0) is 18.7. The van der Waals surface area contributed by atoms with E-state index in [1.807, 2.05) is 6.07 Å². The lowest BCUT2D eigenvalue weighted by molar-refractivity contribution is -0.147. The van der Waals surface area contributed by atoms with E-state index in [2.05, 4.69) is 6.07 Å². The van der Waals surface area contributed by atoms with Crippen molar-refractivity contribution in [1.82, 2.24) is 0 Å². The van der Waals surface area contributed by atoms with Crippen molar-refractivity contribution in [2.24, 2.45) is 11.3 Å². The SMILES string of the molecule is CCOC(=O)[C@]1(C#N)[C@H](C(=O)c2ccccc2)[C@H]1c1ccc(OC)cc1. The molecular formula is C21H19NO4. The summed E-state index contributed by atoms with van der Waals surface area (Å²) in [7, 11) is 1.56. The lowest BCUT2D eigenvalue weighted by Crippen LogP contribution is -2.23. The Kier molecular flexibility index (Phi) is 4.77. The lowest BCUT2D eigenvalue weighted by atomic mass is 9.99. The van der Waals surface area contributed by atoms with Crippen molar-refractivity contribution in [1.29, 1.82) is 5.26 Å². The number of esters is 1. The van der Waals surface area contributed by atoms with Gasteiger partial charge in [0.25, 0.3) is 0 Å². The first-order valence-corrected chi connectivity index (χ1v) is 8.41. The Labute approximate surface area is 152 Å². The van der Waals surface area contributed by atoms with Crippen molar-refractivity contribution in [3.05, 3.63) is 65.7 Å². The molecule has 5 heteroatoms. The molecule has 0 radical (unpaired) electrons. The number of nitriles is 1. The van der Waals surface area contributed by atoms with Crippen LogP contribution in [0.25, 0.3) is 0 Å². The van der Waals surface area contributed by atoms with Crippen molar-refractivity contribution >= 4 is 11.8 Å². The fourth-order valence-electron chi connectivity index (χ4n) is 3.48. The van der Waals surface area contributed by atoms with Crippen LogP contribution in [0.4, 0.5) is 0 Å². The minimum Gasteiger partial charge on any atom is -0.497 e. The van der Waals surface area contributed by atoms with Crippen LogP contribution < -0.4 is 4.74 Å². The van der Waals surface area contributed by atoms with E-state index in [4.69, 9.17) is 9.47 Å². The first kappa shape index (κ1) is 17.7. The minimum atomic E-state index is -1.49. The number of Topliss-reactive ketones (excluding diaryl/α,β-unsaturated/α-hetero) is 1. The second-order valence-electron chi connectivity index (χ2n) is 6.16. The van der Waals surface area contributed by atoms with Gasteiger partial charge in [-0.15, -0.1) is 0 Å². The molecule has 0 spiro atoms. The Morgan fingerprint density at radius 2 is 1.77 bits per heavy atom. The Hall–Kier alpha value is -3.13. The van der Waals surface area contributed by atoms with Crippen LogP contribution in [-0.4, -0.2) is 25.5 Å². The normalized spacial score (nSPS) is 23.6. The van der Waals surface area contributed by atoms with Crippen molar-refractivity contribution < 1.29 is 19.1 Å². The molecule has 0 amide bonds. The van der Waals surface area contributed by atoms with Gasteiger partial charge in [0.05, 0.1) is 25.7 Å². The lowest BCUT2D eigenvalue weighted by Gasteiger charge is -2.08. The first-order chi connectivity index (χ1) is 12.6. The van der Waals surface area contributed by atoms with Crippen LogP contribution >= 0.6 is 0 Å². The predicted molar refractivity (Wildman–Crippen MR) is 94.7 cm³/mol. The number of nitrogens with zero attached hydrogens (tertiary/aromatic N) is 1. The van der Waals surface area contributed by atoms with E-state index >= 15 is 0 Å². The van der Waals surface area contributed by atoms with Crippen molar-refractivity contribution in [3.8, 4) is 11.8 Å². The summed E-state index contributed by atoms with van der Waals surface area (Å²) in [6.45, 7) is 1.84. The third kappa shape index (κ3) is 2.74. The Balaban J connectivity index is 2.02. The summed E-state index contributed by atoms with van der Waals surface area (Å²) < 4.78 is 10.3. The molecule has 0 unspecified atom stereocenters. The summed E-state index contributed by atoms with van der Waals surface area (Å²) in [4.78, 5) is 25.6. The molecule has 2 aromatic rings. The van der Waals surface area contributed by atoms with Gasteiger partial charge in [0.15, 0.2) is 11.2 Å². The summed E-state index contributed by atoms with van der Waals surface area (Å²) in [5.74, 6) is -1.50. The molecule has 5 nitrogen and oxygen atoms in total. The predicted octanol–water partition coefficient (Wildman–Crippen LogP) is 3.36. The maximum Gasteiger partial charge on any atom is 0.327 e. The fraction of sp³-hybridized carbons (Fsp3) is 0.286. The minimum absolute atomic E-state index is 0.157. The maximum atomic E-state index is 13.0. The van der Waals surface area contributed by atoms with E-state index in [1.165, 1.54) is 0 Å². The summed E-state index contributed by atoms with van der Waals surface area (Å²) in [6, 6.07) is 17.9. The monoisotopic (exact) mass is 349 g/mol. The molecule has 1 saturated carbocycles. The van der Waals surface area contributed by atoms with E-state index in [-0.39, 0.29) is 12.4 Å². The van der Waals surface area contributed by atoms with Crippen LogP contribution in [0.15, 0.2) is 54.6 Å². The van der Waals surface area contributed by atoms with Gasteiger partial charge in [0, 0.05) is 11.5 Å². The van der Waals surface area contributed by atoms with E-state index in [0.29, 0.717) is 11.3 Å². The van der Waals surface area contributed by atoms with E-state index in [9.17, 15) is 14.9 Å². The number of ether oxygens (including phenoxy) is 2. The smallest absolute Gasteiger partial charge is 0.327 e. The number of carbonyl (C=O) groups is 2. The van der Waals surface area contributed by atoms with Gasteiger partial charge in [-0.3, -0.25) is 9.59 Å². The van der Waals surface area contributed by atoms with Crippen LogP contribution in [0.2, 0.25) is 0 Å². The van der Waals surface area contributed by atoms with Gasteiger partial charge >= 0.3 is 5.97 Å². The Bertz CT molecular complexity index is 854. The third-order valence-electron chi connectivity index (χ3n) is 4.82. The number of methoxy groups -OCH3 is 1. The summed E-state index contributed by atoms with van der Waals surface area (Å²) in [5, 5.41) is 9.82. The molecular weight excluding hydrogens is 330 g/mol. The molecule has 132 valence electrons. The molecule has 3 atom stereocenters. The molecule has 0 bridgehead atoms. The highest BCUT2D eigenvalue weighted by atomic mass is 16.5. The number of benzene rings is 2. The molecule has 1 aliphatic rings. The van der Waals surface area contributed by atoms with Gasteiger partial charge < -0.3 is 9.47 Å². The average Bonchev–Trinajstić information content (AvgIpc) is 3.38. The van der Waals surface area contributed by atoms with Crippen LogP contribution in [0, 0.1) is 22.7 Å². The van der Waals surface area contributed by atoms with Crippen LogP contribution in [0.1, 0.15) is 28.8 Å². The van der Waals surface area contributed by atoms with Crippen LogP contribution in [-0.2, 0) is 9.53 Å². The van der Waals surface area contributed by atoms with Gasteiger partial charge in [-0.1, -0.05) is 42.5 Å². The first-order valence-electron chi connectivity index (χ1n) is 8.41. The number of rotatable bonds is 6. The van der Waals surface area contributed by atoms with Gasteiger partial charge in [-0.2, -0.15) is 5.26 Å². The molecule has 2 aromatic carbocycles. The average molecular weight is 349 g/mol. The topological polar surface area (TPSA) is 76.4 Å². The van der Waals surface area contributed by atoms with Crippen LogP contribution in [0.3, 0.4) is 0 Å². The second-order valence-corrected chi connectivity index (χ2v) is 6.16. The maximum absolute atomic E-state index is 13.0. The molecule has 3 rings (SSSR count). The van der Waals surface area contributed by atoms with Crippen molar-refractivity contribution in [2.45, 2.75) is 12.8 Å². The summed E-state index contributed by atoms with van der Waals surface area (Å²) in [6.07, 6.45) is 0. The van der Waals surface area contributed by atoms with Gasteiger partial charge in [-0.05, 0) is 24.6 Å². The second kappa shape index (κ2) is 7.01. The van der Waals surface area contributed by atoms with Gasteiger partial charge in [0.2, 0.25) is 0 Å². The molecule has 26 heavy (non-hydrogen) atoms. The highest BCUT2D eigenvalue weighted by molar-refractivity contribution is 6.07. The largest absolute Gasteiger partial charge is 0.497 e. The molecule has 0 aromatic heterocycles. The third-order valence-corrected chi connectivity index (χ3v) is 4.82. The van der Waals surface area contributed by atoms with E-state index in [0.717, 1.165) is 5.56 Å². The number of hydrogen-bond acceptors (Lipinski definition) is 5. The molecule has 0 N–H and O–H groups in total. The molecule has 1 aliphatic carbocycles. The zero-order valence-electron chi connectivity index (χ0n) is 14.6. The number of carbonyl (C=O) groups excluding carboxylic acids is 2. The van der Waals surface area contributed by atoms with Gasteiger partial charge in [0.1, 0.15) is 5.75 Å². The van der Waals surface area contributed by atoms with Crippen molar-refractivity contribution in [2.75, 3.05) is 13.7 Å². The summed E-state index contributed by atoms with van der Waals surface area (Å²) in [5.41, 5.74) is -0.260. The Morgan fingerprint density at radius 3 is 2.31 bits per heavy atom. The number of hydrogen-bond donors (Lipinski definition) is 0. The van der Waals surface area contributed by atoms with Gasteiger partial charge in [-0.25, -0.2) is 0 Å². The molecule has 0 heterocycles. The number of ketones is 1. The van der Waals surface area contributed by atoms with Crippen LogP contribution in [0.5, 0.6) is 5.75 Å². The fourth-order valence-corrected chi connectivity index (χ4v) is 3.48. The molecule has 1 fully saturated rings. The summed E-state index contributed by atoms with van der Waals surface area (Å²) >= 11 is 0. The van der Waals surface area contributed by atoms with E-state index < -0.39 is 23.2 Å².